The molecule has 0 bridgehead atoms. The molecule has 1 aliphatic rings. The molecule has 3 rings (SSSR count). The minimum absolute atomic E-state index is 0.0207. The summed E-state index contributed by atoms with van der Waals surface area (Å²) in [7, 11) is 0. The molecule has 1 saturated heterocycles. The van der Waals surface area contributed by atoms with E-state index < -0.39 is 5.54 Å². The van der Waals surface area contributed by atoms with Crippen LogP contribution in [0.2, 0.25) is 0 Å². The number of hydrogen-bond donors (Lipinski definition) is 2. The molecule has 0 spiro atoms. The summed E-state index contributed by atoms with van der Waals surface area (Å²) in [6.07, 6.45) is 1.52. The molecule has 0 saturated carbocycles. The van der Waals surface area contributed by atoms with Gasteiger partial charge in [0, 0.05) is 13.1 Å². The predicted molar refractivity (Wildman–Crippen MR) is 67.5 cm³/mol. The SMILES string of the molecule is CC1(c2cccc(-n3cnnn3)c2)NCCNC1=O. The topological polar surface area (TPSA) is 84.7 Å². The van der Waals surface area contributed by atoms with Gasteiger partial charge in [-0.05, 0) is 35.0 Å². The maximum atomic E-state index is 12.1. The van der Waals surface area contributed by atoms with E-state index in [1.165, 1.54) is 6.33 Å². The predicted octanol–water partition coefficient (Wildman–Crippen LogP) is -0.403. The fourth-order valence-electron chi connectivity index (χ4n) is 2.22. The van der Waals surface area contributed by atoms with Crippen LogP contribution >= 0.6 is 0 Å². The summed E-state index contributed by atoms with van der Waals surface area (Å²) >= 11 is 0. The van der Waals surface area contributed by atoms with Gasteiger partial charge in [0.1, 0.15) is 11.9 Å². The van der Waals surface area contributed by atoms with Crippen molar-refractivity contribution >= 4 is 5.91 Å². The number of aromatic nitrogens is 4. The zero-order chi connectivity index (χ0) is 13.3. The third kappa shape index (κ3) is 1.97. The molecule has 0 aliphatic carbocycles. The molecule has 2 aromatic rings. The number of benzene rings is 1. The summed E-state index contributed by atoms with van der Waals surface area (Å²) < 4.78 is 1.56. The first-order chi connectivity index (χ1) is 9.20. The summed E-state index contributed by atoms with van der Waals surface area (Å²) in [5.41, 5.74) is 0.990. The first-order valence-electron chi connectivity index (χ1n) is 6.07. The second-order valence-corrected chi connectivity index (χ2v) is 4.61. The maximum absolute atomic E-state index is 12.1. The smallest absolute Gasteiger partial charge is 0.244 e. The fourth-order valence-corrected chi connectivity index (χ4v) is 2.22. The molecule has 0 radical (unpaired) electrons. The zero-order valence-corrected chi connectivity index (χ0v) is 10.5. The van der Waals surface area contributed by atoms with Crippen LogP contribution in [0.4, 0.5) is 0 Å². The molecular weight excluding hydrogens is 244 g/mol. The van der Waals surface area contributed by atoms with Gasteiger partial charge in [-0.25, -0.2) is 4.68 Å². The maximum Gasteiger partial charge on any atom is 0.244 e. The van der Waals surface area contributed by atoms with Gasteiger partial charge >= 0.3 is 0 Å². The lowest BCUT2D eigenvalue weighted by Gasteiger charge is -2.34. The Balaban J connectivity index is 2.01. The summed E-state index contributed by atoms with van der Waals surface area (Å²) in [6.45, 7) is 3.28. The average molecular weight is 258 g/mol. The third-order valence-electron chi connectivity index (χ3n) is 3.38. The van der Waals surface area contributed by atoms with Crippen LogP contribution in [-0.2, 0) is 10.3 Å². The Kier molecular flexibility index (Phi) is 2.75. The van der Waals surface area contributed by atoms with Gasteiger partial charge < -0.3 is 5.32 Å². The van der Waals surface area contributed by atoms with Crippen LogP contribution in [0.1, 0.15) is 12.5 Å². The molecule has 1 unspecified atom stereocenters. The molecule has 1 aromatic carbocycles. The first kappa shape index (κ1) is 11.8. The van der Waals surface area contributed by atoms with Gasteiger partial charge in [0.05, 0.1) is 5.69 Å². The van der Waals surface area contributed by atoms with Crippen molar-refractivity contribution in [2.24, 2.45) is 0 Å². The Morgan fingerprint density at radius 1 is 1.37 bits per heavy atom. The number of tetrazole rings is 1. The number of amides is 1. The number of nitrogens with zero attached hydrogens (tertiary/aromatic N) is 4. The van der Waals surface area contributed by atoms with E-state index >= 15 is 0 Å². The minimum Gasteiger partial charge on any atom is -0.353 e. The van der Waals surface area contributed by atoms with Crippen LogP contribution in [-0.4, -0.2) is 39.2 Å². The minimum atomic E-state index is -0.720. The summed E-state index contributed by atoms with van der Waals surface area (Å²) in [4.78, 5) is 12.1. The molecule has 7 heteroatoms. The van der Waals surface area contributed by atoms with Crippen LogP contribution in [0.25, 0.3) is 5.69 Å². The van der Waals surface area contributed by atoms with Crippen molar-refractivity contribution in [3.63, 3.8) is 0 Å². The van der Waals surface area contributed by atoms with E-state index in [0.717, 1.165) is 17.8 Å². The van der Waals surface area contributed by atoms with Crippen LogP contribution < -0.4 is 10.6 Å². The monoisotopic (exact) mass is 258 g/mol. The van der Waals surface area contributed by atoms with Gasteiger partial charge in [0.2, 0.25) is 5.91 Å². The van der Waals surface area contributed by atoms with E-state index in [-0.39, 0.29) is 5.91 Å². The lowest BCUT2D eigenvalue weighted by Crippen LogP contribution is -2.59. The Labute approximate surface area is 110 Å². The van der Waals surface area contributed by atoms with Crippen LogP contribution in [0.15, 0.2) is 30.6 Å². The van der Waals surface area contributed by atoms with Gasteiger partial charge in [-0.15, -0.1) is 5.10 Å². The van der Waals surface area contributed by atoms with E-state index in [0.29, 0.717) is 6.54 Å². The average Bonchev–Trinajstić information content (AvgIpc) is 2.96. The van der Waals surface area contributed by atoms with Crippen molar-refractivity contribution < 1.29 is 4.79 Å². The van der Waals surface area contributed by atoms with Crippen molar-refractivity contribution in [2.75, 3.05) is 13.1 Å². The highest BCUT2D eigenvalue weighted by molar-refractivity contribution is 5.88. The lowest BCUT2D eigenvalue weighted by molar-refractivity contribution is -0.128. The molecular formula is C12H14N6O. The van der Waals surface area contributed by atoms with E-state index in [4.69, 9.17) is 0 Å². The fraction of sp³-hybridized carbons (Fsp3) is 0.333. The molecule has 2 heterocycles. The highest BCUT2D eigenvalue weighted by Gasteiger charge is 2.37. The van der Waals surface area contributed by atoms with Crippen molar-refractivity contribution in [1.29, 1.82) is 0 Å². The Morgan fingerprint density at radius 2 is 2.26 bits per heavy atom. The lowest BCUT2D eigenvalue weighted by atomic mass is 9.89. The van der Waals surface area contributed by atoms with Crippen molar-refractivity contribution in [1.82, 2.24) is 30.8 Å². The van der Waals surface area contributed by atoms with E-state index in [9.17, 15) is 4.79 Å². The summed E-state index contributed by atoms with van der Waals surface area (Å²) in [5, 5.41) is 17.2. The van der Waals surface area contributed by atoms with Gasteiger partial charge in [-0.1, -0.05) is 12.1 Å². The number of nitrogens with one attached hydrogen (secondary N) is 2. The van der Waals surface area contributed by atoms with Crippen LogP contribution in [0, 0.1) is 0 Å². The zero-order valence-electron chi connectivity index (χ0n) is 10.5. The molecule has 19 heavy (non-hydrogen) atoms. The Bertz CT molecular complexity index is 596. The van der Waals surface area contributed by atoms with E-state index in [2.05, 4.69) is 26.2 Å². The Morgan fingerprint density at radius 3 is 3.00 bits per heavy atom. The largest absolute Gasteiger partial charge is 0.353 e. The number of piperazine rings is 1. The molecule has 2 N–H and O–H groups in total. The summed E-state index contributed by atoms with van der Waals surface area (Å²) in [5.74, 6) is -0.0207. The Hall–Kier alpha value is -2.28. The van der Waals surface area contributed by atoms with Gasteiger partial charge in [-0.2, -0.15) is 0 Å². The van der Waals surface area contributed by atoms with Crippen molar-refractivity contribution in [3.8, 4) is 5.69 Å². The van der Waals surface area contributed by atoms with Crippen molar-refractivity contribution in [2.45, 2.75) is 12.5 Å². The van der Waals surface area contributed by atoms with Gasteiger partial charge in [-0.3, -0.25) is 10.1 Å². The van der Waals surface area contributed by atoms with E-state index in [1.54, 1.807) is 4.68 Å². The number of hydrogen-bond acceptors (Lipinski definition) is 5. The molecule has 1 fully saturated rings. The van der Waals surface area contributed by atoms with Crippen LogP contribution in [0.3, 0.4) is 0 Å². The normalized spacial score (nSPS) is 23.1. The molecule has 1 atom stereocenters. The third-order valence-corrected chi connectivity index (χ3v) is 3.38. The van der Waals surface area contributed by atoms with Gasteiger partial charge in [0.15, 0.2) is 0 Å². The number of carbonyl (C=O) groups is 1. The number of carbonyl (C=O) groups excluding carboxylic acids is 1. The van der Waals surface area contributed by atoms with Gasteiger partial charge in [0.25, 0.3) is 0 Å². The highest BCUT2D eigenvalue weighted by atomic mass is 16.2. The quantitative estimate of drug-likeness (QED) is 0.765. The molecule has 1 aliphatic heterocycles. The molecule has 1 aromatic heterocycles. The second-order valence-electron chi connectivity index (χ2n) is 4.61. The highest BCUT2D eigenvalue weighted by Crippen LogP contribution is 2.24. The first-order valence-corrected chi connectivity index (χ1v) is 6.07. The molecule has 7 nitrogen and oxygen atoms in total. The van der Waals surface area contributed by atoms with Crippen molar-refractivity contribution in [3.05, 3.63) is 36.2 Å². The summed E-state index contributed by atoms with van der Waals surface area (Å²) in [6, 6.07) is 7.62. The standard InChI is InChI=1S/C12H14N6O/c1-12(11(19)13-5-6-14-12)9-3-2-4-10(7-9)18-8-15-16-17-18/h2-4,7-8,14H,5-6H2,1H3,(H,13,19). The van der Waals surface area contributed by atoms with Crippen LogP contribution in [0.5, 0.6) is 0 Å². The van der Waals surface area contributed by atoms with E-state index in [1.807, 2.05) is 31.2 Å². The molecule has 1 amide bonds. The molecule has 98 valence electrons. The number of rotatable bonds is 2. The second kappa shape index (κ2) is 4.43.